The van der Waals surface area contributed by atoms with E-state index in [2.05, 4.69) is 26.0 Å². The molecule has 1 heterocycles. The highest BCUT2D eigenvalue weighted by molar-refractivity contribution is 5.76. The van der Waals surface area contributed by atoms with E-state index in [1.54, 1.807) is 4.90 Å². The number of nitrogens with zero attached hydrogens (tertiary/aromatic N) is 1. The Balaban J connectivity index is 2.36. The first-order valence-corrected chi connectivity index (χ1v) is 19.2. The first kappa shape index (κ1) is 42.0. The minimum Gasteiger partial charge on any atom is -0.394 e. The molecule has 7 heteroatoms. The molecule has 0 aromatic heterocycles. The monoisotopic (exact) mass is 640 g/mol. The van der Waals surface area contributed by atoms with Gasteiger partial charge >= 0.3 is 0 Å². The summed E-state index contributed by atoms with van der Waals surface area (Å²) in [6.07, 6.45) is 28.8. The summed E-state index contributed by atoms with van der Waals surface area (Å²) in [6, 6.07) is 0. The number of carbonyl (C=O) groups is 1. The van der Waals surface area contributed by atoms with Gasteiger partial charge in [-0.1, -0.05) is 148 Å². The van der Waals surface area contributed by atoms with Crippen LogP contribution in [0.3, 0.4) is 0 Å². The highest BCUT2D eigenvalue weighted by Crippen LogP contribution is 2.25. The molecule has 1 aliphatic rings. The fraction of sp³-hybridized carbons (Fsp3) is 0.921. The average Bonchev–Trinajstić information content (AvgIpc) is 3.04. The highest BCUT2D eigenvalue weighted by atomic mass is 16.6. The second kappa shape index (κ2) is 29.2. The van der Waals surface area contributed by atoms with Crippen molar-refractivity contribution in [2.75, 3.05) is 13.2 Å². The van der Waals surface area contributed by atoms with Crippen LogP contribution in [0, 0.1) is 0 Å². The molecule has 4 N–H and O–H groups in total. The molecule has 1 unspecified atom stereocenters. The van der Waals surface area contributed by atoms with Gasteiger partial charge in [0.1, 0.15) is 24.4 Å². The number of unbranched alkanes of at least 4 members (excludes halogenated alkanes) is 22. The maximum absolute atomic E-state index is 13.4. The zero-order valence-electron chi connectivity index (χ0n) is 29.4. The molecule has 0 aliphatic carbocycles. The molecular weight excluding hydrogens is 566 g/mol. The van der Waals surface area contributed by atoms with Crippen molar-refractivity contribution in [3.05, 3.63) is 12.2 Å². The van der Waals surface area contributed by atoms with Crippen molar-refractivity contribution in [3.63, 3.8) is 0 Å². The zero-order chi connectivity index (χ0) is 33.0. The Labute approximate surface area is 277 Å². The van der Waals surface area contributed by atoms with E-state index in [0.29, 0.717) is 13.0 Å². The third kappa shape index (κ3) is 20.1. The first-order chi connectivity index (χ1) is 22.0. The lowest BCUT2D eigenvalue weighted by Crippen LogP contribution is -2.64. The molecule has 1 aliphatic heterocycles. The summed E-state index contributed by atoms with van der Waals surface area (Å²) in [4.78, 5) is 14.9. The van der Waals surface area contributed by atoms with Crippen molar-refractivity contribution in [1.29, 1.82) is 0 Å². The van der Waals surface area contributed by atoms with Crippen LogP contribution < -0.4 is 0 Å². The van der Waals surface area contributed by atoms with Gasteiger partial charge in [-0.3, -0.25) is 4.79 Å². The van der Waals surface area contributed by atoms with E-state index in [-0.39, 0.29) is 5.91 Å². The Morgan fingerprint density at radius 2 is 1.00 bits per heavy atom. The van der Waals surface area contributed by atoms with Gasteiger partial charge in [0.2, 0.25) is 5.91 Å². The third-order valence-corrected chi connectivity index (χ3v) is 9.40. The number of rotatable bonds is 30. The zero-order valence-corrected chi connectivity index (χ0v) is 29.4. The van der Waals surface area contributed by atoms with Gasteiger partial charge in [0.25, 0.3) is 0 Å². The molecule has 0 bridgehead atoms. The predicted molar refractivity (Wildman–Crippen MR) is 186 cm³/mol. The summed E-state index contributed by atoms with van der Waals surface area (Å²) in [6.45, 7) is 4.45. The number of aliphatic hydroxyl groups excluding tert-OH is 4. The SMILES string of the molecule is CCCCCCCC/C=C\CCCCCCCC(=O)N(CCCCCCCCCCCCCC)C1O[C@H](CO)[C@@H](O)[C@H](O)[C@@H]1O. The van der Waals surface area contributed by atoms with Gasteiger partial charge in [0, 0.05) is 13.0 Å². The van der Waals surface area contributed by atoms with Crippen LogP contribution in [0.4, 0.5) is 0 Å². The molecule has 1 rings (SSSR count). The summed E-state index contributed by atoms with van der Waals surface area (Å²) in [5.41, 5.74) is 0. The van der Waals surface area contributed by atoms with Gasteiger partial charge in [-0.15, -0.1) is 0 Å². The Kier molecular flexibility index (Phi) is 27.2. The summed E-state index contributed by atoms with van der Waals surface area (Å²) in [5, 5.41) is 41.0. The Morgan fingerprint density at radius 3 is 1.47 bits per heavy atom. The number of hydrogen-bond acceptors (Lipinski definition) is 6. The normalized spacial score (nSPS) is 22.0. The maximum Gasteiger partial charge on any atom is 0.224 e. The summed E-state index contributed by atoms with van der Waals surface area (Å²) in [5.74, 6) is -0.0972. The molecule has 1 fully saturated rings. The van der Waals surface area contributed by atoms with Crippen molar-refractivity contribution in [1.82, 2.24) is 4.90 Å². The average molecular weight is 640 g/mol. The van der Waals surface area contributed by atoms with Crippen LogP contribution in [0.25, 0.3) is 0 Å². The lowest BCUT2D eigenvalue weighted by atomic mass is 9.97. The van der Waals surface area contributed by atoms with Crippen molar-refractivity contribution in [2.24, 2.45) is 0 Å². The van der Waals surface area contributed by atoms with Crippen LogP contribution >= 0.6 is 0 Å². The Hall–Kier alpha value is -0.990. The molecular formula is C38H73NO6. The van der Waals surface area contributed by atoms with E-state index in [9.17, 15) is 25.2 Å². The standard InChI is InChI=1S/C38H73NO6/c1-3-5-7-9-11-13-15-17-18-19-20-22-24-26-28-30-34(41)39(38-37(44)36(43)35(42)33(32-40)45-38)31-29-27-25-23-21-16-14-12-10-8-6-4-2/h17-18,33,35-38,40,42-44H,3-16,19-32H2,1-2H3/b18-17-/t33-,35-,36+,37+,38?/m1/s1. The van der Waals surface area contributed by atoms with Crippen molar-refractivity contribution >= 4 is 5.91 Å². The molecule has 0 saturated carbocycles. The van der Waals surface area contributed by atoms with E-state index in [1.807, 2.05) is 0 Å². The number of ether oxygens (including phenoxy) is 1. The van der Waals surface area contributed by atoms with E-state index >= 15 is 0 Å². The van der Waals surface area contributed by atoms with Crippen molar-refractivity contribution in [3.8, 4) is 0 Å². The number of carbonyl (C=O) groups excluding carboxylic acids is 1. The quantitative estimate of drug-likeness (QED) is 0.0464. The van der Waals surface area contributed by atoms with Crippen LogP contribution in [0.1, 0.15) is 181 Å². The number of amides is 1. The molecule has 0 spiro atoms. The molecule has 7 nitrogen and oxygen atoms in total. The molecule has 1 saturated heterocycles. The number of allylic oxidation sites excluding steroid dienone is 2. The topological polar surface area (TPSA) is 110 Å². The maximum atomic E-state index is 13.4. The molecule has 1 amide bonds. The van der Waals surface area contributed by atoms with Gasteiger partial charge in [-0.25, -0.2) is 0 Å². The second-order valence-electron chi connectivity index (χ2n) is 13.5. The highest BCUT2D eigenvalue weighted by Gasteiger charge is 2.46. The summed E-state index contributed by atoms with van der Waals surface area (Å²) < 4.78 is 5.79. The second-order valence-corrected chi connectivity index (χ2v) is 13.5. The van der Waals surface area contributed by atoms with Crippen LogP contribution in [0.2, 0.25) is 0 Å². The smallest absolute Gasteiger partial charge is 0.224 e. The van der Waals surface area contributed by atoms with Gasteiger partial charge in [-0.2, -0.15) is 0 Å². The van der Waals surface area contributed by atoms with Crippen LogP contribution in [-0.4, -0.2) is 75.0 Å². The molecule has 0 aromatic rings. The molecule has 266 valence electrons. The van der Waals surface area contributed by atoms with Gasteiger partial charge in [0.05, 0.1) is 6.61 Å². The molecule has 0 radical (unpaired) electrons. The van der Waals surface area contributed by atoms with Gasteiger partial charge < -0.3 is 30.1 Å². The molecule has 5 atom stereocenters. The number of hydrogen-bond donors (Lipinski definition) is 4. The first-order valence-electron chi connectivity index (χ1n) is 19.2. The van der Waals surface area contributed by atoms with Crippen molar-refractivity contribution < 1.29 is 30.0 Å². The van der Waals surface area contributed by atoms with Crippen molar-refractivity contribution in [2.45, 2.75) is 211 Å². The minimum absolute atomic E-state index is 0.0972. The van der Waals surface area contributed by atoms with E-state index in [1.165, 1.54) is 109 Å². The number of aliphatic hydroxyl groups is 4. The Morgan fingerprint density at radius 1 is 0.578 bits per heavy atom. The van der Waals surface area contributed by atoms with Crippen LogP contribution in [0.15, 0.2) is 12.2 Å². The molecule has 45 heavy (non-hydrogen) atoms. The van der Waals surface area contributed by atoms with Gasteiger partial charge in [0.15, 0.2) is 6.23 Å². The minimum atomic E-state index is -1.47. The molecule has 0 aromatic carbocycles. The van der Waals surface area contributed by atoms with E-state index in [0.717, 1.165) is 51.4 Å². The summed E-state index contributed by atoms with van der Waals surface area (Å²) in [7, 11) is 0. The van der Waals surface area contributed by atoms with Crippen LogP contribution in [0.5, 0.6) is 0 Å². The lowest BCUT2D eigenvalue weighted by molar-refractivity contribution is -0.262. The van der Waals surface area contributed by atoms with E-state index in [4.69, 9.17) is 4.74 Å². The lowest BCUT2D eigenvalue weighted by Gasteiger charge is -2.44. The third-order valence-electron chi connectivity index (χ3n) is 9.40. The summed E-state index contributed by atoms with van der Waals surface area (Å²) >= 11 is 0. The van der Waals surface area contributed by atoms with Crippen LogP contribution in [-0.2, 0) is 9.53 Å². The largest absolute Gasteiger partial charge is 0.394 e. The predicted octanol–water partition coefficient (Wildman–Crippen LogP) is 8.35. The fourth-order valence-corrected chi connectivity index (χ4v) is 6.35. The van der Waals surface area contributed by atoms with Gasteiger partial charge in [-0.05, 0) is 38.5 Å². The fourth-order valence-electron chi connectivity index (χ4n) is 6.35. The van der Waals surface area contributed by atoms with E-state index < -0.39 is 37.3 Å². The Bertz CT molecular complexity index is 702.